The van der Waals surface area contributed by atoms with E-state index in [1.54, 1.807) is 11.3 Å². The highest BCUT2D eigenvalue weighted by Crippen LogP contribution is 2.44. The van der Waals surface area contributed by atoms with Gasteiger partial charge in [-0.25, -0.2) is 4.98 Å². The Morgan fingerprint density at radius 2 is 2.04 bits per heavy atom. The maximum Gasteiger partial charge on any atom is 0.231 e. The van der Waals surface area contributed by atoms with Crippen LogP contribution in [0.3, 0.4) is 0 Å². The van der Waals surface area contributed by atoms with Crippen LogP contribution in [0.4, 0.5) is 5.13 Å². The number of thioether (sulfide) groups is 1. The fourth-order valence-electron chi connectivity index (χ4n) is 3.04. The highest BCUT2D eigenvalue weighted by molar-refractivity contribution is 7.98. The molecule has 0 unspecified atom stereocenters. The van der Waals surface area contributed by atoms with Gasteiger partial charge in [0.1, 0.15) is 0 Å². The zero-order chi connectivity index (χ0) is 17.5. The highest BCUT2D eigenvalue weighted by Gasteiger charge is 2.22. The lowest BCUT2D eigenvalue weighted by molar-refractivity contribution is -0.115. The molecule has 0 saturated heterocycles. The van der Waals surface area contributed by atoms with Gasteiger partial charge in [-0.05, 0) is 23.8 Å². The smallest absolute Gasteiger partial charge is 0.231 e. The Balaban J connectivity index is 1.33. The lowest BCUT2D eigenvalue weighted by Crippen LogP contribution is -2.14. The summed E-state index contributed by atoms with van der Waals surface area (Å²) in [6, 6.07) is 13.8. The highest BCUT2D eigenvalue weighted by atomic mass is 32.2. The Kier molecular flexibility index (Phi) is 3.83. The van der Waals surface area contributed by atoms with Gasteiger partial charge in [-0.1, -0.05) is 24.3 Å². The fraction of sp³-hybridized carbons (Fsp3) is 0.158. The Morgan fingerprint density at radius 1 is 1.15 bits per heavy atom. The number of carbonyl (C=O) groups is 1. The number of nitrogens with one attached hydrogen (secondary N) is 1. The second-order valence-corrected chi connectivity index (χ2v) is 8.09. The maximum absolute atomic E-state index is 12.4. The average molecular weight is 382 g/mol. The van der Waals surface area contributed by atoms with Gasteiger partial charge in [-0.15, -0.1) is 23.1 Å². The molecule has 26 heavy (non-hydrogen) atoms. The van der Waals surface area contributed by atoms with Gasteiger partial charge in [0.2, 0.25) is 12.7 Å². The lowest BCUT2D eigenvalue weighted by atomic mass is 10.1. The van der Waals surface area contributed by atoms with Crippen LogP contribution in [0.15, 0.2) is 47.4 Å². The van der Waals surface area contributed by atoms with Crippen LogP contribution in [0.2, 0.25) is 0 Å². The molecule has 5 rings (SSSR count). The Hall–Kier alpha value is -2.51. The van der Waals surface area contributed by atoms with Crippen LogP contribution in [0.1, 0.15) is 10.4 Å². The molecule has 3 heterocycles. The van der Waals surface area contributed by atoms with Gasteiger partial charge < -0.3 is 14.8 Å². The second kappa shape index (κ2) is 6.34. The Morgan fingerprint density at radius 3 is 3.00 bits per heavy atom. The number of benzene rings is 2. The van der Waals surface area contributed by atoms with Crippen molar-refractivity contribution in [3.05, 3.63) is 52.9 Å². The molecule has 0 radical (unpaired) electrons. The van der Waals surface area contributed by atoms with Crippen LogP contribution >= 0.6 is 23.1 Å². The number of hydrogen-bond donors (Lipinski definition) is 1. The molecule has 130 valence electrons. The van der Waals surface area contributed by atoms with Crippen molar-refractivity contribution in [1.82, 2.24) is 4.98 Å². The summed E-state index contributed by atoms with van der Waals surface area (Å²) in [5, 5.41) is 3.58. The van der Waals surface area contributed by atoms with Crippen LogP contribution < -0.4 is 14.8 Å². The summed E-state index contributed by atoms with van der Waals surface area (Å²) in [4.78, 5) is 19.5. The maximum atomic E-state index is 12.4. The van der Waals surface area contributed by atoms with Gasteiger partial charge in [0.15, 0.2) is 16.6 Å². The summed E-state index contributed by atoms with van der Waals surface area (Å²) in [7, 11) is 0. The van der Waals surface area contributed by atoms with Crippen molar-refractivity contribution in [2.45, 2.75) is 17.1 Å². The van der Waals surface area contributed by atoms with E-state index in [4.69, 9.17) is 9.47 Å². The minimum atomic E-state index is -0.0871. The van der Waals surface area contributed by atoms with Crippen molar-refractivity contribution >= 4 is 34.1 Å². The number of ether oxygens (including phenoxy) is 2. The SMILES string of the molecule is O=C(Cc1ccc2c(c1)OCO2)Nc1nc2c(s1)CSc1ccccc1-2. The quantitative estimate of drug-likeness (QED) is 0.731. The standard InChI is InChI=1S/C19H14N2O3S2/c22-17(8-11-5-6-13-14(7-11)24-10-23-13)20-19-21-18-12-3-1-2-4-15(12)25-9-16(18)26-19/h1-7H,8-10H2,(H,20,21,22). The Labute approximate surface area is 158 Å². The molecule has 2 aromatic carbocycles. The van der Waals surface area contributed by atoms with E-state index < -0.39 is 0 Å². The van der Waals surface area contributed by atoms with E-state index in [1.807, 2.05) is 42.1 Å². The van der Waals surface area contributed by atoms with Gasteiger partial charge in [-0.2, -0.15) is 0 Å². The molecular weight excluding hydrogens is 368 g/mol. The molecule has 1 N–H and O–H groups in total. The summed E-state index contributed by atoms with van der Waals surface area (Å²) in [6.45, 7) is 0.231. The van der Waals surface area contributed by atoms with Gasteiger partial charge in [0.05, 0.1) is 12.1 Å². The molecule has 0 spiro atoms. The Bertz CT molecular complexity index is 1020. The molecule has 2 aliphatic heterocycles. The van der Waals surface area contributed by atoms with Gasteiger partial charge in [0.25, 0.3) is 0 Å². The first-order valence-corrected chi connectivity index (χ1v) is 9.97. The molecule has 1 amide bonds. The third kappa shape index (κ3) is 2.83. The van der Waals surface area contributed by atoms with Crippen LogP contribution in [0.5, 0.6) is 11.5 Å². The third-order valence-electron chi connectivity index (χ3n) is 4.25. The molecule has 0 atom stereocenters. The number of rotatable bonds is 3. The van der Waals surface area contributed by atoms with E-state index in [-0.39, 0.29) is 19.1 Å². The van der Waals surface area contributed by atoms with E-state index in [9.17, 15) is 4.79 Å². The van der Waals surface area contributed by atoms with Crippen molar-refractivity contribution in [3.8, 4) is 22.8 Å². The molecule has 0 saturated carbocycles. The molecule has 0 fully saturated rings. The predicted octanol–water partition coefficient (Wildman–Crippen LogP) is 4.33. The molecule has 1 aromatic heterocycles. The van der Waals surface area contributed by atoms with E-state index in [0.29, 0.717) is 10.9 Å². The first kappa shape index (κ1) is 15.7. The van der Waals surface area contributed by atoms with E-state index in [1.165, 1.54) is 9.77 Å². The van der Waals surface area contributed by atoms with Crippen molar-refractivity contribution in [3.63, 3.8) is 0 Å². The van der Waals surface area contributed by atoms with Crippen LogP contribution in [-0.2, 0) is 17.0 Å². The number of fused-ring (bicyclic) bond motifs is 4. The van der Waals surface area contributed by atoms with Crippen LogP contribution in [0.25, 0.3) is 11.3 Å². The topological polar surface area (TPSA) is 60.5 Å². The summed E-state index contributed by atoms with van der Waals surface area (Å²) in [5.74, 6) is 2.21. The van der Waals surface area contributed by atoms with Crippen LogP contribution in [-0.4, -0.2) is 17.7 Å². The minimum absolute atomic E-state index is 0.0871. The van der Waals surface area contributed by atoms with Crippen molar-refractivity contribution in [1.29, 1.82) is 0 Å². The van der Waals surface area contributed by atoms with E-state index in [0.717, 1.165) is 28.3 Å². The van der Waals surface area contributed by atoms with Crippen molar-refractivity contribution in [2.75, 3.05) is 12.1 Å². The van der Waals surface area contributed by atoms with Gasteiger partial charge in [0, 0.05) is 21.1 Å². The van der Waals surface area contributed by atoms with Crippen molar-refractivity contribution < 1.29 is 14.3 Å². The lowest BCUT2D eigenvalue weighted by Gasteiger charge is -2.13. The largest absolute Gasteiger partial charge is 0.454 e. The molecule has 2 aliphatic rings. The number of hydrogen-bond acceptors (Lipinski definition) is 6. The average Bonchev–Trinajstić information content (AvgIpc) is 3.27. The molecule has 7 heteroatoms. The molecular formula is C19H14N2O3S2. The molecule has 0 bridgehead atoms. The summed E-state index contributed by atoms with van der Waals surface area (Å²) >= 11 is 3.36. The third-order valence-corrected chi connectivity index (χ3v) is 6.50. The summed E-state index contributed by atoms with van der Waals surface area (Å²) < 4.78 is 10.7. The van der Waals surface area contributed by atoms with Crippen molar-refractivity contribution in [2.24, 2.45) is 0 Å². The fourth-order valence-corrected chi connectivity index (χ4v) is 5.16. The number of carbonyl (C=O) groups excluding carboxylic acids is 1. The van der Waals surface area contributed by atoms with E-state index in [2.05, 4.69) is 22.4 Å². The summed E-state index contributed by atoms with van der Waals surface area (Å²) in [5.41, 5.74) is 3.02. The first-order chi connectivity index (χ1) is 12.8. The summed E-state index contributed by atoms with van der Waals surface area (Å²) in [6.07, 6.45) is 0.270. The number of nitrogens with zero attached hydrogens (tertiary/aromatic N) is 1. The van der Waals surface area contributed by atoms with Gasteiger partial charge in [-0.3, -0.25) is 4.79 Å². The van der Waals surface area contributed by atoms with Gasteiger partial charge >= 0.3 is 0 Å². The number of thiazole rings is 1. The zero-order valence-electron chi connectivity index (χ0n) is 13.7. The van der Waals surface area contributed by atoms with E-state index >= 15 is 0 Å². The zero-order valence-corrected chi connectivity index (χ0v) is 15.3. The van der Waals surface area contributed by atoms with Crippen LogP contribution in [0, 0.1) is 0 Å². The molecule has 5 nitrogen and oxygen atoms in total. The second-order valence-electron chi connectivity index (χ2n) is 5.99. The normalized spacial score (nSPS) is 13.8. The number of aromatic nitrogens is 1. The minimum Gasteiger partial charge on any atom is -0.454 e. The predicted molar refractivity (Wildman–Crippen MR) is 102 cm³/mol. The monoisotopic (exact) mass is 382 g/mol. The molecule has 0 aliphatic carbocycles. The molecule has 3 aromatic rings. The first-order valence-electron chi connectivity index (χ1n) is 8.16. The number of amides is 1. The number of anilines is 1.